The Hall–Kier alpha value is -6.87. The van der Waals surface area contributed by atoms with E-state index in [0.717, 1.165) is 4.90 Å². The zero-order valence-corrected chi connectivity index (χ0v) is 35.6. The van der Waals surface area contributed by atoms with Crippen LogP contribution in [-0.2, 0) is 34.1 Å². The average molecular weight is 867 g/mol. The molecule has 3 aliphatic heterocycles. The third kappa shape index (κ3) is 7.56. The Labute approximate surface area is 370 Å². The minimum atomic E-state index is -2.10. The van der Waals surface area contributed by atoms with E-state index in [1.165, 1.54) is 7.11 Å². The summed E-state index contributed by atoms with van der Waals surface area (Å²) in [5.74, 6) is -4.93. The molecule has 8 rings (SSSR count). The first kappa shape index (κ1) is 43.8. The maximum atomic E-state index is 16.3. The van der Waals surface area contributed by atoms with Gasteiger partial charge in [0, 0.05) is 12.1 Å². The van der Waals surface area contributed by atoms with Gasteiger partial charge in [0.2, 0.25) is 11.8 Å². The van der Waals surface area contributed by atoms with Crippen LogP contribution in [0.3, 0.4) is 0 Å². The number of para-hydroxylation sites is 2. The van der Waals surface area contributed by atoms with E-state index in [1.807, 2.05) is 65.6 Å². The number of nitrogens with zero attached hydrogens (tertiary/aromatic N) is 2. The number of cyclic esters (lactones) is 1. The van der Waals surface area contributed by atoms with Gasteiger partial charge in [-0.05, 0) is 40.3 Å². The summed E-state index contributed by atoms with van der Waals surface area (Å²) < 4.78 is 17.7. The monoisotopic (exact) mass is 866 g/mol. The number of imide groups is 1. The normalized spacial score (nSPS) is 23.5. The van der Waals surface area contributed by atoms with E-state index < -0.39 is 83.4 Å². The minimum Gasteiger partial charge on any atom is -0.491 e. The predicted octanol–water partition coefficient (Wildman–Crippen LogP) is 5.48. The highest BCUT2D eigenvalue weighted by molar-refractivity contribution is 6.25. The van der Waals surface area contributed by atoms with Gasteiger partial charge >= 0.3 is 18.0 Å². The van der Waals surface area contributed by atoms with Crippen LogP contribution in [-0.4, -0.2) is 83.8 Å². The van der Waals surface area contributed by atoms with E-state index in [4.69, 9.17) is 14.2 Å². The van der Waals surface area contributed by atoms with Crippen molar-refractivity contribution in [2.24, 2.45) is 11.8 Å². The summed E-state index contributed by atoms with van der Waals surface area (Å²) in [5.41, 5.74) is 0.558. The molecule has 0 aliphatic carbocycles. The SMILES string of the molecule is COC(=O)[C@@H](NC(=O)N1C(=O)[C@@]2(c3ccccc31)[C@H](c1ccccc1OCCO)N1[C@H](c3ccccc3)[C@H](c3ccccc3)OC(=O)[C@H]1[C@@H]2C(=O)NC[C@H](O)c1ccccc1)C(C)C. The highest BCUT2D eigenvalue weighted by atomic mass is 16.6. The fraction of sp³-hybridized carbons (Fsp3) is 0.300. The molecule has 0 bridgehead atoms. The number of carbonyl (C=O) groups is 5. The summed E-state index contributed by atoms with van der Waals surface area (Å²) in [6.45, 7) is 2.69. The Bertz CT molecular complexity index is 2510. The van der Waals surface area contributed by atoms with Crippen LogP contribution in [0.4, 0.5) is 10.5 Å². The molecule has 0 aromatic heterocycles. The lowest BCUT2D eigenvalue weighted by atomic mass is 9.65. The van der Waals surface area contributed by atoms with Crippen LogP contribution in [0, 0.1) is 11.8 Å². The molecular weight excluding hydrogens is 817 g/mol. The maximum Gasteiger partial charge on any atom is 0.329 e. The number of fused-ring (bicyclic) bond motifs is 3. The number of urea groups is 1. The molecule has 2 saturated heterocycles. The number of esters is 2. The molecule has 14 heteroatoms. The quantitative estimate of drug-likeness (QED) is 0.110. The van der Waals surface area contributed by atoms with Gasteiger partial charge in [-0.15, -0.1) is 0 Å². The van der Waals surface area contributed by atoms with E-state index >= 15 is 14.4 Å². The molecule has 0 radical (unpaired) electrons. The number of hydrogen-bond acceptors (Lipinski definition) is 11. The molecule has 1 spiro atoms. The molecule has 64 heavy (non-hydrogen) atoms. The van der Waals surface area contributed by atoms with Crippen LogP contribution in [0.15, 0.2) is 140 Å². The molecule has 330 valence electrons. The predicted molar refractivity (Wildman–Crippen MR) is 235 cm³/mol. The van der Waals surface area contributed by atoms with Crippen molar-refractivity contribution in [3.8, 4) is 5.75 Å². The molecule has 4 N–H and O–H groups in total. The van der Waals surface area contributed by atoms with Gasteiger partial charge in [0.05, 0.1) is 43.5 Å². The number of hydrogen-bond donors (Lipinski definition) is 4. The standard InChI is InChI=1S/C50H50N4O10/c1-30(2)40(46(58)62-3)52-49(61)53-36-25-15-14-24-35(36)50(48(53)60)39(45(57)51-29-37(56)31-17-7-4-8-18-31)42-47(59)64-43(33-21-11-6-12-22-33)41(32-19-9-5-10-20-32)54(42)44(50)34-23-13-16-26-38(34)63-28-27-55/h4-26,30,37,39-44,55-56H,27-29H2,1-3H3,(H,51,57)(H,52,61)/t37-,39+,40-,41+,42+,43-,44-,50+/m0/s1. The summed E-state index contributed by atoms with van der Waals surface area (Å²) >= 11 is 0. The third-order valence-electron chi connectivity index (χ3n) is 12.5. The number of morpholine rings is 1. The number of ether oxygens (including phenoxy) is 3. The summed E-state index contributed by atoms with van der Waals surface area (Å²) in [7, 11) is 1.20. The van der Waals surface area contributed by atoms with Gasteiger partial charge in [-0.3, -0.25) is 19.3 Å². The van der Waals surface area contributed by atoms with Crippen molar-refractivity contribution in [3.63, 3.8) is 0 Å². The number of methoxy groups -OCH3 is 1. The van der Waals surface area contributed by atoms with Crippen LogP contribution < -0.4 is 20.3 Å². The number of aliphatic hydroxyl groups is 2. The second-order valence-corrected chi connectivity index (χ2v) is 16.4. The first-order chi connectivity index (χ1) is 31.0. The zero-order valence-electron chi connectivity index (χ0n) is 35.6. The van der Waals surface area contributed by atoms with Crippen molar-refractivity contribution in [3.05, 3.63) is 167 Å². The first-order valence-corrected chi connectivity index (χ1v) is 21.3. The van der Waals surface area contributed by atoms with Crippen LogP contribution in [0.2, 0.25) is 0 Å². The molecule has 2 fully saturated rings. The number of carbonyl (C=O) groups excluding carboxylic acids is 5. The summed E-state index contributed by atoms with van der Waals surface area (Å²) in [6.07, 6.45) is -2.13. The lowest BCUT2D eigenvalue weighted by molar-refractivity contribution is -0.178. The Morgan fingerprint density at radius 2 is 1.41 bits per heavy atom. The largest absolute Gasteiger partial charge is 0.491 e. The van der Waals surface area contributed by atoms with E-state index in [9.17, 15) is 19.8 Å². The Morgan fingerprint density at radius 3 is 2.06 bits per heavy atom. The topological polar surface area (TPSA) is 184 Å². The first-order valence-electron chi connectivity index (χ1n) is 21.3. The Morgan fingerprint density at radius 1 is 0.797 bits per heavy atom. The molecule has 4 amide bonds. The van der Waals surface area contributed by atoms with Crippen molar-refractivity contribution in [1.29, 1.82) is 0 Å². The van der Waals surface area contributed by atoms with Crippen molar-refractivity contribution < 1.29 is 48.4 Å². The minimum absolute atomic E-state index is 0.124. The van der Waals surface area contributed by atoms with Crippen molar-refractivity contribution in [2.75, 3.05) is 31.8 Å². The lowest BCUT2D eigenvalue weighted by Gasteiger charge is -2.46. The molecule has 5 aromatic carbocycles. The molecule has 14 nitrogen and oxygen atoms in total. The van der Waals surface area contributed by atoms with Crippen LogP contribution in [0.25, 0.3) is 0 Å². The highest BCUT2D eigenvalue weighted by Crippen LogP contribution is 2.66. The number of amides is 4. The maximum absolute atomic E-state index is 16.3. The van der Waals surface area contributed by atoms with Gasteiger partial charge in [0.15, 0.2) is 0 Å². The number of anilines is 1. The van der Waals surface area contributed by atoms with Gasteiger partial charge < -0.3 is 35.1 Å². The van der Waals surface area contributed by atoms with Crippen molar-refractivity contribution in [1.82, 2.24) is 15.5 Å². The highest BCUT2D eigenvalue weighted by Gasteiger charge is 2.76. The Kier molecular flexibility index (Phi) is 12.6. The van der Waals surface area contributed by atoms with Gasteiger partial charge in [0.25, 0.3) is 0 Å². The van der Waals surface area contributed by atoms with Gasteiger partial charge in [-0.1, -0.05) is 141 Å². The molecule has 3 heterocycles. The summed E-state index contributed by atoms with van der Waals surface area (Å²) in [6, 6.07) is 35.1. The van der Waals surface area contributed by atoms with E-state index in [2.05, 4.69) is 10.6 Å². The van der Waals surface area contributed by atoms with Crippen LogP contribution in [0.1, 0.15) is 66.0 Å². The molecular formula is C50H50N4O10. The van der Waals surface area contributed by atoms with E-state index in [-0.39, 0.29) is 36.8 Å². The van der Waals surface area contributed by atoms with Gasteiger partial charge in [-0.25, -0.2) is 14.5 Å². The fourth-order valence-electron chi connectivity index (χ4n) is 9.75. The van der Waals surface area contributed by atoms with E-state index in [1.54, 1.807) is 92.7 Å². The molecule has 0 unspecified atom stereocenters. The van der Waals surface area contributed by atoms with Gasteiger partial charge in [0.1, 0.15) is 36.0 Å². The van der Waals surface area contributed by atoms with Gasteiger partial charge in [-0.2, -0.15) is 0 Å². The molecule has 8 atom stereocenters. The van der Waals surface area contributed by atoms with E-state index in [0.29, 0.717) is 22.3 Å². The average Bonchev–Trinajstić information content (AvgIpc) is 3.78. The molecule has 3 aliphatic rings. The number of aliphatic hydroxyl groups excluding tert-OH is 2. The third-order valence-corrected chi connectivity index (χ3v) is 12.5. The summed E-state index contributed by atoms with van der Waals surface area (Å²) in [4.78, 5) is 77.7. The molecule has 5 aromatic rings. The van der Waals surface area contributed by atoms with Crippen LogP contribution in [0.5, 0.6) is 5.75 Å². The van der Waals surface area contributed by atoms with Crippen molar-refractivity contribution in [2.45, 2.75) is 55.6 Å². The summed E-state index contributed by atoms with van der Waals surface area (Å²) in [5, 5.41) is 27.0. The smallest absolute Gasteiger partial charge is 0.329 e. The second-order valence-electron chi connectivity index (χ2n) is 16.4. The number of rotatable bonds is 13. The number of nitrogens with one attached hydrogen (secondary N) is 2. The lowest BCUT2D eigenvalue weighted by Crippen LogP contribution is -2.58. The van der Waals surface area contributed by atoms with Crippen molar-refractivity contribution >= 4 is 35.5 Å². The molecule has 0 saturated carbocycles. The zero-order chi connectivity index (χ0) is 45.1. The Balaban J connectivity index is 1.41. The number of benzene rings is 5. The van der Waals surface area contributed by atoms with Crippen LogP contribution >= 0.6 is 0 Å². The fourth-order valence-corrected chi connectivity index (χ4v) is 9.75. The second kappa shape index (κ2) is 18.5.